The maximum atomic E-state index is 13.5. The molecule has 0 saturated heterocycles. The summed E-state index contributed by atoms with van der Waals surface area (Å²) in [5, 5.41) is 12.9. The number of rotatable bonds is 8. The molecule has 0 saturated carbocycles. The average molecular weight is 414 g/mol. The Labute approximate surface area is 172 Å². The number of carbonyl (C=O) groups excluding carboxylic acids is 1. The highest BCUT2D eigenvalue weighted by atomic mass is 19.1. The second kappa shape index (κ2) is 10.1. The summed E-state index contributed by atoms with van der Waals surface area (Å²) < 4.78 is 37.2. The molecule has 0 atom stereocenters. The number of ether oxygens (including phenoxy) is 2. The maximum Gasteiger partial charge on any atom is 0.319 e. The van der Waals surface area contributed by atoms with Gasteiger partial charge in [-0.3, -0.25) is 0 Å². The van der Waals surface area contributed by atoms with Crippen molar-refractivity contribution >= 4 is 11.7 Å². The van der Waals surface area contributed by atoms with Gasteiger partial charge < -0.3 is 20.1 Å². The number of hydrogen-bond acceptors (Lipinski definition) is 5. The van der Waals surface area contributed by atoms with Crippen molar-refractivity contribution in [1.29, 1.82) is 0 Å². The van der Waals surface area contributed by atoms with Crippen molar-refractivity contribution < 1.29 is 23.0 Å². The third-order valence-corrected chi connectivity index (χ3v) is 3.92. The number of carbonyl (C=O) groups is 1. The molecule has 2 amide bonds. The molecule has 0 bridgehead atoms. The molecule has 0 spiro atoms. The number of urea groups is 1. The zero-order chi connectivity index (χ0) is 21.3. The third kappa shape index (κ3) is 5.87. The first-order chi connectivity index (χ1) is 14.5. The standard InChI is InChI=1S/C21H20F2N4O3/c1-2-29-16-6-3-14(4-7-16)18-9-10-20(27-26-18)30-12-11-24-21(28)25-19-8-5-15(22)13-17(19)23/h3-10,13H,2,11-12H2,1H3,(H2,24,25,28). The van der Waals surface area contributed by atoms with E-state index in [4.69, 9.17) is 9.47 Å². The summed E-state index contributed by atoms with van der Waals surface area (Å²) in [6, 6.07) is 13.2. The summed E-state index contributed by atoms with van der Waals surface area (Å²) in [5.74, 6) is -0.491. The Bertz CT molecular complexity index is 983. The second-order valence-electron chi connectivity index (χ2n) is 6.07. The lowest BCUT2D eigenvalue weighted by Gasteiger charge is -2.09. The number of nitrogens with zero attached hydrogens (tertiary/aromatic N) is 2. The summed E-state index contributed by atoms with van der Waals surface area (Å²) in [4.78, 5) is 11.8. The zero-order valence-corrected chi connectivity index (χ0v) is 16.2. The molecule has 3 aromatic rings. The highest BCUT2D eigenvalue weighted by Crippen LogP contribution is 2.21. The van der Waals surface area contributed by atoms with Crippen LogP contribution in [0.5, 0.6) is 11.6 Å². The zero-order valence-electron chi connectivity index (χ0n) is 16.2. The minimum absolute atomic E-state index is 0.120. The number of anilines is 1. The Balaban J connectivity index is 1.43. The van der Waals surface area contributed by atoms with Crippen molar-refractivity contribution in [2.45, 2.75) is 6.92 Å². The van der Waals surface area contributed by atoms with Crippen molar-refractivity contribution in [1.82, 2.24) is 15.5 Å². The predicted molar refractivity (Wildman–Crippen MR) is 108 cm³/mol. The highest BCUT2D eigenvalue weighted by Gasteiger charge is 2.08. The molecular formula is C21H20F2N4O3. The maximum absolute atomic E-state index is 13.5. The molecular weight excluding hydrogens is 394 g/mol. The first-order valence-electron chi connectivity index (χ1n) is 9.25. The van der Waals surface area contributed by atoms with Gasteiger partial charge >= 0.3 is 6.03 Å². The lowest BCUT2D eigenvalue weighted by atomic mass is 10.1. The summed E-state index contributed by atoms with van der Waals surface area (Å²) in [6.45, 7) is 2.81. The van der Waals surface area contributed by atoms with Crippen molar-refractivity contribution in [3.63, 3.8) is 0 Å². The normalized spacial score (nSPS) is 10.4. The topological polar surface area (TPSA) is 85.4 Å². The third-order valence-electron chi connectivity index (χ3n) is 3.92. The molecule has 0 aliphatic carbocycles. The second-order valence-corrected chi connectivity index (χ2v) is 6.07. The van der Waals surface area contributed by atoms with E-state index in [1.165, 1.54) is 0 Å². The molecule has 2 aromatic carbocycles. The van der Waals surface area contributed by atoms with E-state index in [9.17, 15) is 13.6 Å². The van der Waals surface area contributed by atoms with Gasteiger partial charge in [-0.15, -0.1) is 10.2 Å². The number of halogens is 2. The smallest absolute Gasteiger partial charge is 0.319 e. The summed E-state index contributed by atoms with van der Waals surface area (Å²) in [7, 11) is 0. The molecule has 1 heterocycles. The summed E-state index contributed by atoms with van der Waals surface area (Å²) >= 11 is 0. The summed E-state index contributed by atoms with van der Waals surface area (Å²) in [6.07, 6.45) is 0. The highest BCUT2D eigenvalue weighted by molar-refractivity contribution is 5.89. The fourth-order valence-corrected chi connectivity index (χ4v) is 2.52. The lowest BCUT2D eigenvalue weighted by Crippen LogP contribution is -2.32. The van der Waals surface area contributed by atoms with Crippen LogP contribution < -0.4 is 20.1 Å². The number of benzene rings is 2. The van der Waals surface area contributed by atoms with E-state index in [-0.39, 0.29) is 18.8 Å². The van der Waals surface area contributed by atoms with Gasteiger partial charge in [0.1, 0.15) is 24.0 Å². The quantitative estimate of drug-likeness (QED) is 0.544. The van der Waals surface area contributed by atoms with E-state index < -0.39 is 17.7 Å². The van der Waals surface area contributed by atoms with Crippen LogP contribution >= 0.6 is 0 Å². The number of nitrogens with one attached hydrogen (secondary N) is 2. The van der Waals surface area contributed by atoms with E-state index >= 15 is 0 Å². The molecule has 7 nitrogen and oxygen atoms in total. The van der Waals surface area contributed by atoms with Crippen molar-refractivity contribution in [2.24, 2.45) is 0 Å². The molecule has 156 valence electrons. The minimum atomic E-state index is -0.857. The lowest BCUT2D eigenvalue weighted by molar-refractivity contribution is 0.246. The van der Waals surface area contributed by atoms with Gasteiger partial charge in [-0.05, 0) is 49.4 Å². The van der Waals surface area contributed by atoms with E-state index in [1.54, 1.807) is 12.1 Å². The van der Waals surface area contributed by atoms with Crippen LogP contribution in [0, 0.1) is 11.6 Å². The fraction of sp³-hybridized carbons (Fsp3) is 0.190. The van der Waals surface area contributed by atoms with E-state index in [2.05, 4.69) is 20.8 Å². The van der Waals surface area contributed by atoms with E-state index in [0.29, 0.717) is 24.2 Å². The van der Waals surface area contributed by atoms with Crippen LogP contribution in [0.25, 0.3) is 11.3 Å². The molecule has 1 aromatic heterocycles. The SMILES string of the molecule is CCOc1ccc(-c2ccc(OCCNC(=O)Nc3ccc(F)cc3F)nn2)cc1. The number of hydrogen-bond donors (Lipinski definition) is 2. The average Bonchev–Trinajstić information content (AvgIpc) is 2.75. The van der Waals surface area contributed by atoms with Crippen molar-refractivity contribution in [3.05, 3.63) is 66.2 Å². The van der Waals surface area contributed by atoms with E-state index in [1.807, 2.05) is 31.2 Å². The van der Waals surface area contributed by atoms with Gasteiger partial charge in [-0.2, -0.15) is 0 Å². The number of aromatic nitrogens is 2. The van der Waals surface area contributed by atoms with Crippen LogP contribution in [0.3, 0.4) is 0 Å². The van der Waals surface area contributed by atoms with Gasteiger partial charge in [0.2, 0.25) is 5.88 Å². The molecule has 0 fully saturated rings. The summed E-state index contributed by atoms with van der Waals surface area (Å²) in [5.41, 5.74) is 1.46. The molecule has 0 aliphatic heterocycles. The van der Waals surface area contributed by atoms with Gasteiger partial charge in [0.25, 0.3) is 0 Å². The first kappa shape index (κ1) is 21.0. The van der Waals surface area contributed by atoms with Crippen LogP contribution in [-0.2, 0) is 0 Å². The molecule has 0 radical (unpaired) electrons. The molecule has 2 N–H and O–H groups in total. The van der Waals surface area contributed by atoms with E-state index in [0.717, 1.165) is 23.4 Å². The van der Waals surface area contributed by atoms with Gasteiger partial charge in [0.15, 0.2) is 0 Å². The monoisotopic (exact) mass is 414 g/mol. The van der Waals surface area contributed by atoms with Crippen LogP contribution in [0.1, 0.15) is 6.92 Å². The Morgan fingerprint density at radius 3 is 2.47 bits per heavy atom. The van der Waals surface area contributed by atoms with Crippen molar-refractivity contribution in [3.8, 4) is 22.9 Å². The van der Waals surface area contributed by atoms with Gasteiger partial charge in [-0.25, -0.2) is 13.6 Å². The largest absolute Gasteiger partial charge is 0.494 e. The molecule has 0 aliphatic rings. The molecule has 0 unspecified atom stereocenters. The van der Waals surface area contributed by atoms with Crippen LogP contribution in [0.15, 0.2) is 54.6 Å². The molecule has 30 heavy (non-hydrogen) atoms. The van der Waals surface area contributed by atoms with Crippen LogP contribution in [0.4, 0.5) is 19.3 Å². The van der Waals surface area contributed by atoms with Crippen LogP contribution in [0.2, 0.25) is 0 Å². The molecule has 9 heteroatoms. The van der Waals surface area contributed by atoms with Crippen molar-refractivity contribution in [2.75, 3.05) is 25.1 Å². The first-order valence-corrected chi connectivity index (χ1v) is 9.25. The Morgan fingerprint density at radius 2 is 1.80 bits per heavy atom. The molecule has 3 rings (SSSR count). The Morgan fingerprint density at radius 1 is 1.00 bits per heavy atom. The van der Waals surface area contributed by atoms with Crippen LogP contribution in [-0.4, -0.2) is 36.0 Å². The van der Waals surface area contributed by atoms with Gasteiger partial charge in [-0.1, -0.05) is 0 Å². The minimum Gasteiger partial charge on any atom is -0.494 e. The van der Waals surface area contributed by atoms with Gasteiger partial charge in [0.05, 0.1) is 24.5 Å². The Hall–Kier alpha value is -3.75. The Kier molecular flexibility index (Phi) is 7.09. The predicted octanol–water partition coefficient (Wildman–Crippen LogP) is 4.02. The van der Waals surface area contributed by atoms with Gasteiger partial charge in [0, 0.05) is 17.7 Å². The fourth-order valence-electron chi connectivity index (χ4n) is 2.52. The number of amides is 2.